The van der Waals surface area contributed by atoms with E-state index in [1.54, 1.807) is 25.4 Å². The fourth-order valence-electron chi connectivity index (χ4n) is 2.40. The van der Waals surface area contributed by atoms with Crippen molar-refractivity contribution in [1.29, 1.82) is 0 Å². The third kappa shape index (κ3) is 5.46. The molecule has 0 saturated carbocycles. The average Bonchev–Trinajstić information content (AvgIpc) is 2.68. The zero-order valence-corrected chi connectivity index (χ0v) is 18.6. The average molecular weight is 462 g/mol. The van der Waals surface area contributed by atoms with E-state index >= 15 is 0 Å². The second kappa shape index (κ2) is 9.70. The Morgan fingerprint density at radius 2 is 1.93 bits per heavy atom. The SMILES string of the molecule is CCN=S(=O)(c1cccc(Oc2cc(Cl)c(N=CN(C)CC)cc2C)c1)C(F)(F)F. The number of ether oxygens (including phenoxy) is 1. The van der Waals surface area contributed by atoms with Crippen molar-refractivity contribution in [2.45, 2.75) is 31.2 Å². The highest BCUT2D eigenvalue weighted by atomic mass is 35.5. The number of aliphatic imine (C=N–C) groups is 1. The van der Waals surface area contributed by atoms with Gasteiger partial charge in [-0.15, -0.1) is 0 Å². The molecule has 0 aliphatic rings. The first-order valence-electron chi connectivity index (χ1n) is 9.13. The molecule has 10 heteroatoms. The molecule has 0 aliphatic heterocycles. The Morgan fingerprint density at radius 3 is 2.53 bits per heavy atom. The second-order valence-electron chi connectivity index (χ2n) is 6.38. The van der Waals surface area contributed by atoms with Gasteiger partial charge in [0.2, 0.25) is 0 Å². The van der Waals surface area contributed by atoms with E-state index in [9.17, 15) is 17.4 Å². The molecule has 0 radical (unpaired) electrons. The molecule has 2 aromatic rings. The summed E-state index contributed by atoms with van der Waals surface area (Å²) in [5, 5.41) is 0.326. The van der Waals surface area contributed by atoms with Crippen LogP contribution in [-0.4, -0.2) is 41.1 Å². The lowest BCUT2D eigenvalue weighted by molar-refractivity contribution is -0.0403. The van der Waals surface area contributed by atoms with Gasteiger partial charge >= 0.3 is 5.51 Å². The molecule has 0 aliphatic carbocycles. The quantitative estimate of drug-likeness (QED) is 0.353. The predicted octanol–water partition coefficient (Wildman–Crippen LogP) is 6.42. The van der Waals surface area contributed by atoms with Crippen molar-refractivity contribution in [3.05, 3.63) is 47.0 Å². The maximum atomic E-state index is 13.4. The maximum Gasteiger partial charge on any atom is 0.483 e. The highest BCUT2D eigenvalue weighted by Crippen LogP contribution is 2.37. The smallest absolute Gasteiger partial charge is 0.457 e. The Kier molecular flexibility index (Phi) is 7.76. The molecule has 2 aromatic carbocycles. The number of aryl methyl sites for hydroxylation is 1. The van der Waals surface area contributed by atoms with Gasteiger partial charge in [-0.1, -0.05) is 17.7 Å². The Balaban J connectivity index is 2.40. The minimum absolute atomic E-state index is 0.0944. The lowest BCUT2D eigenvalue weighted by Crippen LogP contribution is -2.23. The molecule has 30 heavy (non-hydrogen) atoms. The lowest BCUT2D eigenvalue weighted by atomic mass is 10.2. The Bertz CT molecular complexity index is 1050. The van der Waals surface area contributed by atoms with Crippen molar-refractivity contribution in [3.63, 3.8) is 0 Å². The molecule has 1 atom stereocenters. The molecule has 2 rings (SSSR count). The molecule has 0 heterocycles. The fourth-order valence-corrected chi connectivity index (χ4v) is 4.07. The van der Waals surface area contributed by atoms with Crippen LogP contribution in [0.25, 0.3) is 0 Å². The summed E-state index contributed by atoms with van der Waals surface area (Å²) in [4.78, 5) is 5.74. The molecule has 164 valence electrons. The van der Waals surface area contributed by atoms with Gasteiger partial charge in [-0.3, -0.25) is 0 Å². The molecule has 0 bridgehead atoms. The van der Waals surface area contributed by atoms with E-state index in [1.807, 2.05) is 18.9 Å². The summed E-state index contributed by atoms with van der Waals surface area (Å²) < 4.78 is 61.8. The minimum Gasteiger partial charge on any atom is -0.457 e. The summed E-state index contributed by atoms with van der Waals surface area (Å²) in [6.07, 6.45) is 1.65. The van der Waals surface area contributed by atoms with Crippen LogP contribution < -0.4 is 4.74 Å². The van der Waals surface area contributed by atoms with E-state index in [-0.39, 0.29) is 12.3 Å². The highest BCUT2D eigenvalue weighted by Gasteiger charge is 2.44. The standard InChI is InChI=1S/C20H23ClF3N3O2S/c1-5-26-30(28,20(22,23)24)16-9-7-8-15(11-16)29-19-12-17(21)18(10-14(19)3)25-13-27(4)6-2/h7-13H,5-6H2,1-4H3. The van der Waals surface area contributed by atoms with E-state index in [0.717, 1.165) is 18.7 Å². The Hall–Kier alpha value is -2.26. The monoisotopic (exact) mass is 461 g/mol. The van der Waals surface area contributed by atoms with Crippen LogP contribution in [0.2, 0.25) is 5.02 Å². The molecule has 0 saturated heterocycles. The van der Waals surface area contributed by atoms with Crippen molar-refractivity contribution in [1.82, 2.24) is 4.90 Å². The zero-order chi connectivity index (χ0) is 22.5. The molecule has 0 amide bonds. The zero-order valence-electron chi connectivity index (χ0n) is 17.0. The molecule has 0 aromatic heterocycles. The van der Waals surface area contributed by atoms with Crippen LogP contribution in [0.3, 0.4) is 0 Å². The van der Waals surface area contributed by atoms with Crippen molar-refractivity contribution < 1.29 is 22.1 Å². The Labute approximate surface area is 179 Å². The number of benzene rings is 2. The van der Waals surface area contributed by atoms with Crippen LogP contribution in [0.5, 0.6) is 11.5 Å². The first-order chi connectivity index (χ1) is 14.0. The summed E-state index contributed by atoms with van der Waals surface area (Å²) in [5.74, 6) is 0.447. The van der Waals surface area contributed by atoms with Gasteiger partial charge in [0.05, 0.1) is 21.9 Å². The number of nitrogens with zero attached hydrogens (tertiary/aromatic N) is 3. The van der Waals surface area contributed by atoms with Crippen LogP contribution >= 0.6 is 11.6 Å². The van der Waals surface area contributed by atoms with Gasteiger partial charge in [0.15, 0.2) is 9.73 Å². The molecule has 1 unspecified atom stereocenters. The minimum atomic E-state index is -4.99. The normalized spacial score (nSPS) is 13.9. The first-order valence-corrected chi connectivity index (χ1v) is 11.0. The second-order valence-corrected chi connectivity index (χ2v) is 9.03. The topological polar surface area (TPSA) is 54.3 Å². The van der Waals surface area contributed by atoms with E-state index in [2.05, 4.69) is 9.36 Å². The summed E-state index contributed by atoms with van der Waals surface area (Å²) in [6, 6.07) is 8.29. The predicted molar refractivity (Wildman–Crippen MR) is 115 cm³/mol. The lowest BCUT2D eigenvalue weighted by Gasteiger charge is -2.15. The summed E-state index contributed by atoms with van der Waals surface area (Å²) in [5.41, 5.74) is -3.77. The summed E-state index contributed by atoms with van der Waals surface area (Å²) in [7, 11) is -2.72. The van der Waals surface area contributed by atoms with E-state index < -0.39 is 20.1 Å². The van der Waals surface area contributed by atoms with Gasteiger partial charge in [0.1, 0.15) is 11.5 Å². The molecule has 0 spiro atoms. The maximum absolute atomic E-state index is 13.4. The van der Waals surface area contributed by atoms with Crippen molar-refractivity contribution in [2.24, 2.45) is 9.36 Å². The highest BCUT2D eigenvalue weighted by molar-refractivity contribution is 7.94. The number of hydrogen-bond donors (Lipinski definition) is 0. The molecule has 0 fully saturated rings. The van der Waals surface area contributed by atoms with Crippen LogP contribution in [-0.2, 0) is 9.73 Å². The molecule has 0 N–H and O–H groups in total. The van der Waals surface area contributed by atoms with Gasteiger partial charge in [-0.25, -0.2) is 13.6 Å². The van der Waals surface area contributed by atoms with Crippen LogP contribution in [0.15, 0.2) is 50.6 Å². The van der Waals surface area contributed by atoms with Crippen molar-refractivity contribution in [2.75, 3.05) is 20.1 Å². The number of hydrogen-bond acceptors (Lipinski definition) is 4. The van der Waals surface area contributed by atoms with Gasteiger partial charge in [0, 0.05) is 26.2 Å². The van der Waals surface area contributed by atoms with E-state index in [4.69, 9.17) is 16.3 Å². The first kappa shape index (κ1) is 24.0. The fraction of sp³-hybridized carbons (Fsp3) is 0.350. The van der Waals surface area contributed by atoms with Crippen LogP contribution in [0.4, 0.5) is 18.9 Å². The molecular weight excluding hydrogens is 439 g/mol. The van der Waals surface area contributed by atoms with Crippen LogP contribution in [0.1, 0.15) is 19.4 Å². The third-order valence-electron chi connectivity index (χ3n) is 4.11. The van der Waals surface area contributed by atoms with Crippen LogP contribution in [0, 0.1) is 6.92 Å². The largest absolute Gasteiger partial charge is 0.483 e. The van der Waals surface area contributed by atoms with Gasteiger partial charge < -0.3 is 9.64 Å². The number of halogens is 4. The van der Waals surface area contributed by atoms with Crippen molar-refractivity contribution >= 4 is 33.4 Å². The number of alkyl halides is 3. The Morgan fingerprint density at radius 1 is 1.23 bits per heavy atom. The third-order valence-corrected chi connectivity index (χ3v) is 6.56. The molecule has 5 nitrogen and oxygen atoms in total. The number of rotatable bonds is 7. The molecular formula is C20H23ClF3N3O2S. The van der Waals surface area contributed by atoms with Gasteiger partial charge in [-0.2, -0.15) is 13.2 Å². The van der Waals surface area contributed by atoms with Crippen molar-refractivity contribution in [3.8, 4) is 11.5 Å². The van der Waals surface area contributed by atoms with E-state index in [0.29, 0.717) is 22.0 Å². The van der Waals surface area contributed by atoms with Gasteiger partial charge in [0.25, 0.3) is 0 Å². The summed E-state index contributed by atoms with van der Waals surface area (Å²) in [6.45, 7) is 5.70. The van der Waals surface area contributed by atoms with E-state index in [1.165, 1.54) is 19.1 Å². The summed E-state index contributed by atoms with van der Waals surface area (Å²) >= 11 is 6.28. The van der Waals surface area contributed by atoms with Gasteiger partial charge in [-0.05, 0) is 50.6 Å².